The number of benzene rings is 3. The Morgan fingerprint density at radius 3 is 2.46 bits per heavy atom. The monoisotopic (exact) mass is 587 g/mol. The summed E-state index contributed by atoms with van der Waals surface area (Å²) in [4.78, 5) is 22.9. The Bertz CT molecular complexity index is 1300. The Labute approximate surface area is 214 Å². The summed E-state index contributed by atoms with van der Waals surface area (Å²) in [6, 6.07) is 16.5. The van der Waals surface area contributed by atoms with Gasteiger partial charge in [-0.15, -0.1) is 0 Å². The molecule has 3 rings (SSSR count). The van der Waals surface area contributed by atoms with Crippen molar-refractivity contribution in [2.75, 3.05) is 11.9 Å². The highest BCUT2D eigenvalue weighted by atomic mass is 127. The first-order valence-corrected chi connectivity index (χ1v) is 11.4. The van der Waals surface area contributed by atoms with Crippen LogP contribution < -0.4 is 14.8 Å². The predicted molar refractivity (Wildman–Crippen MR) is 136 cm³/mol. The smallest absolute Gasteiger partial charge is 0.269 e. The number of hydrogen-bond acceptors (Lipinski definition) is 6. The molecule has 0 fully saturated rings. The molecule has 0 aromatic heterocycles. The molecule has 3 aromatic carbocycles. The standard InChI is InChI=1S/C25H19FIN3O5/c1-2-34-23-13-17(11-18(14-28)25(31)29-20-7-5-19(26)6-8-20)12-22(27)24(23)35-15-16-3-9-21(10-4-16)30(32)33/h3-13H,2,15H2,1H3,(H,29,31)/b18-11-. The van der Waals surface area contributed by atoms with Crippen LogP contribution in [0.3, 0.4) is 0 Å². The van der Waals surface area contributed by atoms with Gasteiger partial charge in [0.2, 0.25) is 0 Å². The van der Waals surface area contributed by atoms with Gasteiger partial charge in [-0.3, -0.25) is 14.9 Å². The molecule has 3 aromatic rings. The number of anilines is 1. The van der Waals surface area contributed by atoms with E-state index in [4.69, 9.17) is 9.47 Å². The van der Waals surface area contributed by atoms with Crippen molar-refractivity contribution in [3.63, 3.8) is 0 Å². The molecule has 178 valence electrons. The van der Waals surface area contributed by atoms with Crippen molar-refractivity contribution in [1.29, 1.82) is 5.26 Å². The zero-order chi connectivity index (χ0) is 25.4. The van der Waals surface area contributed by atoms with Gasteiger partial charge in [0.15, 0.2) is 11.5 Å². The first kappa shape index (κ1) is 25.6. The van der Waals surface area contributed by atoms with Crippen molar-refractivity contribution in [2.24, 2.45) is 0 Å². The maximum Gasteiger partial charge on any atom is 0.269 e. The molecule has 1 amide bonds. The fraction of sp³-hybridized carbons (Fsp3) is 0.120. The van der Waals surface area contributed by atoms with E-state index in [9.17, 15) is 24.6 Å². The van der Waals surface area contributed by atoms with E-state index < -0.39 is 16.6 Å². The first-order valence-electron chi connectivity index (χ1n) is 10.3. The van der Waals surface area contributed by atoms with Crippen LogP contribution in [0.1, 0.15) is 18.1 Å². The summed E-state index contributed by atoms with van der Waals surface area (Å²) < 4.78 is 25.4. The lowest BCUT2D eigenvalue weighted by Gasteiger charge is -2.15. The quantitative estimate of drug-likeness (QED) is 0.110. The number of halogens is 2. The number of nitro groups is 1. The average molecular weight is 587 g/mol. The summed E-state index contributed by atoms with van der Waals surface area (Å²) in [5.74, 6) is -0.181. The number of rotatable bonds is 9. The second-order valence-electron chi connectivity index (χ2n) is 7.11. The van der Waals surface area contributed by atoms with E-state index >= 15 is 0 Å². The summed E-state index contributed by atoms with van der Waals surface area (Å²) in [7, 11) is 0. The van der Waals surface area contributed by atoms with Gasteiger partial charge < -0.3 is 14.8 Å². The fourth-order valence-electron chi connectivity index (χ4n) is 2.99. The molecule has 0 atom stereocenters. The molecule has 0 heterocycles. The van der Waals surface area contributed by atoms with Crippen molar-refractivity contribution in [2.45, 2.75) is 13.5 Å². The van der Waals surface area contributed by atoms with Crippen LogP contribution >= 0.6 is 22.6 Å². The van der Waals surface area contributed by atoms with Crippen LogP contribution in [-0.4, -0.2) is 17.4 Å². The highest BCUT2D eigenvalue weighted by Crippen LogP contribution is 2.35. The molecule has 0 saturated carbocycles. The first-order chi connectivity index (χ1) is 16.8. The summed E-state index contributed by atoms with van der Waals surface area (Å²) >= 11 is 2.06. The van der Waals surface area contributed by atoms with Gasteiger partial charge in [0, 0.05) is 17.8 Å². The van der Waals surface area contributed by atoms with Crippen LogP contribution in [0.25, 0.3) is 6.08 Å². The largest absolute Gasteiger partial charge is 0.490 e. The van der Waals surface area contributed by atoms with Gasteiger partial charge in [-0.1, -0.05) is 0 Å². The van der Waals surface area contributed by atoms with E-state index in [1.165, 1.54) is 42.5 Å². The zero-order valence-electron chi connectivity index (χ0n) is 18.5. The number of non-ortho nitro benzene ring substituents is 1. The minimum absolute atomic E-state index is 0.00811. The van der Waals surface area contributed by atoms with Gasteiger partial charge >= 0.3 is 0 Å². The zero-order valence-corrected chi connectivity index (χ0v) is 20.6. The highest BCUT2D eigenvalue weighted by molar-refractivity contribution is 14.1. The molecule has 0 aliphatic rings. The summed E-state index contributed by atoms with van der Waals surface area (Å²) in [5.41, 5.74) is 1.49. The van der Waals surface area contributed by atoms with E-state index in [2.05, 4.69) is 27.9 Å². The number of nitro benzene ring substituents is 1. The Morgan fingerprint density at radius 2 is 1.86 bits per heavy atom. The molecule has 8 nitrogen and oxygen atoms in total. The molecule has 0 unspecified atom stereocenters. The molecule has 0 radical (unpaired) electrons. The SMILES string of the molecule is CCOc1cc(/C=C(/C#N)C(=O)Nc2ccc(F)cc2)cc(I)c1OCc1ccc([N+](=O)[O-])cc1. The lowest BCUT2D eigenvalue weighted by molar-refractivity contribution is -0.384. The number of ether oxygens (including phenoxy) is 2. The van der Waals surface area contributed by atoms with Crippen LogP contribution in [-0.2, 0) is 11.4 Å². The number of nitrogens with one attached hydrogen (secondary N) is 1. The van der Waals surface area contributed by atoms with E-state index in [-0.39, 0.29) is 17.9 Å². The topological polar surface area (TPSA) is 114 Å². The van der Waals surface area contributed by atoms with Crippen molar-refractivity contribution in [3.05, 3.63) is 96.9 Å². The Kier molecular flexibility index (Phi) is 8.74. The van der Waals surface area contributed by atoms with Gasteiger partial charge in [-0.2, -0.15) is 5.26 Å². The van der Waals surface area contributed by atoms with E-state index in [0.29, 0.717) is 32.9 Å². The van der Waals surface area contributed by atoms with Crippen molar-refractivity contribution in [1.82, 2.24) is 0 Å². The van der Waals surface area contributed by atoms with Gasteiger partial charge in [-0.05, 0) is 95.2 Å². The summed E-state index contributed by atoms with van der Waals surface area (Å²) in [5, 5.41) is 22.9. The lowest BCUT2D eigenvalue weighted by atomic mass is 10.1. The molecule has 0 spiro atoms. The molecular weight excluding hydrogens is 568 g/mol. The summed E-state index contributed by atoms with van der Waals surface area (Å²) in [6.07, 6.45) is 1.42. The highest BCUT2D eigenvalue weighted by Gasteiger charge is 2.15. The molecule has 0 saturated heterocycles. The van der Waals surface area contributed by atoms with Crippen molar-refractivity contribution < 1.29 is 23.6 Å². The van der Waals surface area contributed by atoms with Gasteiger partial charge in [0.1, 0.15) is 24.1 Å². The van der Waals surface area contributed by atoms with Crippen LogP contribution in [0.4, 0.5) is 15.8 Å². The second-order valence-corrected chi connectivity index (χ2v) is 8.27. The Hall–Kier alpha value is -3.98. The van der Waals surface area contributed by atoms with Crippen molar-refractivity contribution in [3.8, 4) is 17.6 Å². The number of nitrogens with zero attached hydrogens (tertiary/aromatic N) is 2. The Morgan fingerprint density at radius 1 is 1.17 bits per heavy atom. The number of carbonyl (C=O) groups is 1. The van der Waals surface area contributed by atoms with Gasteiger partial charge in [-0.25, -0.2) is 4.39 Å². The Balaban J connectivity index is 1.81. The maximum absolute atomic E-state index is 13.1. The van der Waals surface area contributed by atoms with Gasteiger partial charge in [0.05, 0.1) is 15.1 Å². The minimum atomic E-state index is -0.634. The second kappa shape index (κ2) is 11.9. The number of hydrogen-bond donors (Lipinski definition) is 1. The third kappa shape index (κ3) is 7.00. The van der Waals surface area contributed by atoms with Crippen LogP contribution in [0.5, 0.6) is 11.5 Å². The van der Waals surface area contributed by atoms with E-state index in [1.807, 2.05) is 13.0 Å². The van der Waals surface area contributed by atoms with Crippen LogP contribution in [0.15, 0.2) is 66.2 Å². The maximum atomic E-state index is 13.1. The number of carbonyl (C=O) groups excluding carboxylic acids is 1. The van der Waals surface area contributed by atoms with E-state index in [1.54, 1.807) is 24.3 Å². The molecule has 10 heteroatoms. The lowest BCUT2D eigenvalue weighted by Crippen LogP contribution is -2.13. The molecular formula is C25H19FIN3O5. The normalized spacial score (nSPS) is 10.9. The van der Waals surface area contributed by atoms with Crippen LogP contribution in [0.2, 0.25) is 0 Å². The summed E-state index contributed by atoms with van der Waals surface area (Å²) in [6.45, 7) is 2.33. The predicted octanol–water partition coefficient (Wildman–Crippen LogP) is 5.86. The number of amides is 1. The fourth-order valence-corrected chi connectivity index (χ4v) is 3.77. The third-order valence-corrected chi connectivity index (χ3v) is 5.44. The molecule has 35 heavy (non-hydrogen) atoms. The average Bonchev–Trinajstić information content (AvgIpc) is 2.83. The molecule has 0 aliphatic heterocycles. The third-order valence-electron chi connectivity index (χ3n) is 4.64. The molecule has 1 N–H and O–H groups in total. The number of nitriles is 1. The van der Waals surface area contributed by atoms with Crippen LogP contribution in [0, 0.1) is 30.8 Å². The van der Waals surface area contributed by atoms with Crippen molar-refractivity contribution >= 4 is 45.9 Å². The molecule has 0 aliphatic carbocycles. The minimum Gasteiger partial charge on any atom is -0.490 e. The van der Waals surface area contributed by atoms with Gasteiger partial charge in [0.25, 0.3) is 11.6 Å². The van der Waals surface area contributed by atoms with E-state index in [0.717, 1.165) is 5.56 Å². The molecule has 0 bridgehead atoms.